The van der Waals surface area contributed by atoms with Crippen molar-refractivity contribution in [3.05, 3.63) is 0 Å². The molecule has 17 heavy (non-hydrogen) atoms. The van der Waals surface area contributed by atoms with Crippen molar-refractivity contribution in [1.82, 2.24) is 5.32 Å². The summed E-state index contributed by atoms with van der Waals surface area (Å²) in [5.74, 6) is -0.394. The molecule has 1 saturated carbocycles. The smallest absolute Gasteiger partial charge is 0.307 e. The van der Waals surface area contributed by atoms with Gasteiger partial charge in [0, 0.05) is 12.6 Å². The lowest BCUT2D eigenvalue weighted by Crippen LogP contribution is -2.39. The van der Waals surface area contributed by atoms with Crippen LogP contribution in [-0.2, 0) is 14.3 Å². The summed E-state index contributed by atoms with van der Waals surface area (Å²) in [4.78, 5) is 22.7. The fourth-order valence-corrected chi connectivity index (χ4v) is 1.97. The SMILES string of the molecule is CCOC(=O)CCNC(=O)C1CCCC1N.Cl. The molecule has 3 N–H and O–H groups in total. The monoisotopic (exact) mass is 264 g/mol. The van der Waals surface area contributed by atoms with Crippen LogP contribution in [0.25, 0.3) is 0 Å². The number of carbonyl (C=O) groups excluding carboxylic acids is 2. The van der Waals surface area contributed by atoms with Crippen LogP contribution in [0.5, 0.6) is 0 Å². The van der Waals surface area contributed by atoms with Crippen LogP contribution in [0, 0.1) is 5.92 Å². The zero-order valence-electron chi connectivity index (χ0n) is 10.1. The van der Waals surface area contributed by atoms with Crippen molar-refractivity contribution in [3.8, 4) is 0 Å². The first-order valence-electron chi connectivity index (χ1n) is 5.84. The van der Waals surface area contributed by atoms with E-state index in [1.807, 2.05) is 0 Å². The van der Waals surface area contributed by atoms with Crippen LogP contribution < -0.4 is 11.1 Å². The second kappa shape index (κ2) is 8.31. The van der Waals surface area contributed by atoms with Gasteiger partial charge in [0.2, 0.25) is 5.91 Å². The second-order valence-corrected chi connectivity index (χ2v) is 4.05. The zero-order chi connectivity index (χ0) is 12.0. The van der Waals surface area contributed by atoms with Crippen molar-refractivity contribution in [2.24, 2.45) is 11.7 Å². The van der Waals surface area contributed by atoms with Gasteiger partial charge < -0.3 is 15.8 Å². The van der Waals surface area contributed by atoms with Crippen molar-refractivity contribution in [2.75, 3.05) is 13.2 Å². The summed E-state index contributed by atoms with van der Waals surface area (Å²) in [6.45, 7) is 2.47. The molecule has 1 aliphatic carbocycles. The molecule has 0 bridgehead atoms. The Bertz CT molecular complexity index is 261. The van der Waals surface area contributed by atoms with E-state index in [0.717, 1.165) is 19.3 Å². The van der Waals surface area contributed by atoms with Gasteiger partial charge in [-0.05, 0) is 19.8 Å². The molecular formula is C11H21ClN2O3. The first-order valence-corrected chi connectivity index (χ1v) is 5.84. The Morgan fingerprint density at radius 2 is 2.12 bits per heavy atom. The zero-order valence-corrected chi connectivity index (χ0v) is 10.9. The molecule has 5 nitrogen and oxygen atoms in total. The number of hydrogen-bond acceptors (Lipinski definition) is 4. The van der Waals surface area contributed by atoms with Gasteiger partial charge in [0.05, 0.1) is 18.9 Å². The summed E-state index contributed by atoms with van der Waals surface area (Å²) in [5.41, 5.74) is 5.81. The normalized spacial score (nSPS) is 22.7. The topological polar surface area (TPSA) is 81.4 Å². The highest BCUT2D eigenvalue weighted by molar-refractivity contribution is 5.85. The number of amides is 1. The van der Waals surface area contributed by atoms with E-state index in [4.69, 9.17) is 10.5 Å². The first-order chi connectivity index (χ1) is 7.65. The molecule has 1 aliphatic rings. The maximum absolute atomic E-state index is 11.7. The molecule has 0 spiro atoms. The molecule has 0 heterocycles. The van der Waals surface area contributed by atoms with E-state index in [1.165, 1.54) is 0 Å². The van der Waals surface area contributed by atoms with E-state index in [0.29, 0.717) is 13.2 Å². The van der Waals surface area contributed by atoms with Gasteiger partial charge in [-0.25, -0.2) is 0 Å². The fourth-order valence-electron chi connectivity index (χ4n) is 1.97. The molecule has 6 heteroatoms. The molecule has 0 aromatic heterocycles. The minimum Gasteiger partial charge on any atom is -0.466 e. The Morgan fingerprint density at radius 3 is 2.65 bits per heavy atom. The molecule has 0 saturated heterocycles. The third-order valence-electron chi connectivity index (χ3n) is 2.84. The van der Waals surface area contributed by atoms with Gasteiger partial charge in [-0.3, -0.25) is 9.59 Å². The Hall–Kier alpha value is -0.810. The van der Waals surface area contributed by atoms with Gasteiger partial charge in [-0.15, -0.1) is 12.4 Å². The molecule has 1 rings (SSSR count). The number of esters is 1. The summed E-state index contributed by atoms with van der Waals surface area (Å²) < 4.78 is 4.76. The highest BCUT2D eigenvalue weighted by Gasteiger charge is 2.29. The number of nitrogens with two attached hydrogens (primary N) is 1. The Kier molecular flexibility index (Phi) is 7.91. The number of rotatable bonds is 5. The van der Waals surface area contributed by atoms with Crippen LogP contribution in [0.2, 0.25) is 0 Å². The minimum absolute atomic E-state index is 0. The summed E-state index contributed by atoms with van der Waals surface area (Å²) in [6.07, 6.45) is 3.00. The predicted molar refractivity (Wildman–Crippen MR) is 66.8 cm³/mol. The van der Waals surface area contributed by atoms with E-state index < -0.39 is 0 Å². The highest BCUT2D eigenvalue weighted by Crippen LogP contribution is 2.23. The Balaban J connectivity index is 0.00000256. The van der Waals surface area contributed by atoms with E-state index in [1.54, 1.807) is 6.92 Å². The average Bonchev–Trinajstić information content (AvgIpc) is 2.64. The average molecular weight is 265 g/mol. The minimum atomic E-state index is -0.279. The summed E-state index contributed by atoms with van der Waals surface area (Å²) >= 11 is 0. The Morgan fingerprint density at radius 1 is 1.41 bits per heavy atom. The van der Waals surface area contributed by atoms with Gasteiger partial charge in [0.15, 0.2) is 0 Å². The van der Waals surface area contributed by atoms with E-state index in [2.05, 4.69) is 5.32 Å². The predicted octanol–water partition coefficient (Wildman–Crippen LogP) is 0.605. The molecule has 2 unspecified atom stereocenters. The van der Waals surface area contributed by atoms with E-state index in [9.17, 15) is 9.59 Å². The lowest BCUT2D eigenvalue weighted by Gasteiger charge is -2.14. The van der Waals surface area contributed by atoms with Crippen LogP contribution >= 0.6 is 12.4 Å². The summed E-state index contributed by atoms with van der Waals surface area (Å²) in [7, 11) is 0. The Labute approximate surface area is 108 Å². The van der Waals surface area contributed by atoms with Gasteiger partial charge in [-0.2, -0.15) is 0 Å². The summed E-state index contributed by atoms with van der Waals surface area (Å²) in [6, 6.07) is -0.0254. The number of hydrogen-bond donors (Lipinski definition) is 2. The number of ether oxygens (including phenoxy) is 1. The van der Waals surface area contributed by atoms with Crippen LogP contribution in [0.3, 0.4) is 0 Å². The third-order valence-corrected chi connectivity index (χ3v) is 2.84. The van der Waals surface area contributed by atoms with Crippen molar-refractivity contribution in [2.45, 2.75) is 38.6 Å². The second-order valence-electron chi connectivity index (χ2n) is 4.05. The maximum Gasteiger partial charge on any atom is 0.307 e. The summed E-state index contributed by atoms with van der Waals surface area (Å²) in [5, 5.41) is 2.72. The fraction of sp³-hybridized carbons (Fsp3) is 0.818. The molecular weight excluding hydrogens is 244 g/mol. The van der Waals surface area contributed by atoms with Crippen LogP contribution in [0.1, 0.15) is 32.6 Å². The molecule has 100 valence electrons. The largest absolute Gasteiger partial charge is 0.466 e. The van der Waals surface area contributed by atoms with Crippen LogP contribution in [0.4, 0.5) is 0 Å². The number of carbonyl (C=O) groups is 2. The van der Waals surface area contributed by atoms with Gasteiger partial charge in [-0.1, -0.05) is 6.42 Å². The van der Waals surface area contributed by atoms with E-state index >= 15 is 0 Å². The van der Waals surface area contributed by atoms with Gasteiger partial charge in [0.25, 0.3) is 0 Å². The van der Waals surface area contributed by atoms with Gasteiger partial charge in [0.1, 0.15) is 0 Å². The van der Waals surface area contributed by atoms with Crippen molar-refractivity contribution in [1.29, 1.82) is 0 Å². The maximum atomic E-state index is 11.7. The standard InChI is InChI=1S/C11H20N2O3.ClH/c1-2-16-10(14)6-7-13-11(15)8-4-3-5-9(8)12;/h8-9H,2-7,12H2,1H3,(H,13,15);1H. The molecule has 0 aliphatic heterocycles. The highest BCUT2D eigenvalue weighted by atomic mass is 35.5. The molecule has 0 radical (unpaired) electrons. The van der Waals surface area contributed by atoms with Crippen LogP contribution in [-0.4, -0.2) is 31.1 Å². The third kappa shape index (κ3) is 5.37. The van der Waals surface area contributed by atoms with Crippen molar-refractivity contribution in [3.63, 3.8) is 0 Å². The van der Waals surface area contributed by atoms with Crippen LogP contribution in [0.15, 0.2) is 0 Å². The van der Waals surface area contributed by atoms with Crippen molar-refractivity contribution < 1.29 is 14.3 Å². The first kappa shape index (κ1) is 16.2. The van der Waals surface area contributed by atoms with Crippen molar-refractivity contribution >= 4 is 24.3 Å². The van der Waals surface area contributed by atoms with E-state index in [-0.39, 0.29) is 42.7 Å². The molecule has 0 aromatic carbocycles. The molecule has 1 amide bonds. The number of halogens is 1. The number of nitrogens with one attached hydrogen (secondary N) is 1. The molecule has 0 aromatic rings. The van der Waals surface area contributed by atoms with Gasteiger partial charge >= 0.3 is 5.97 Å². The molecule has 1 fully saturated rings. The molecule has 2 atom stereocenters. The quantitative estimate of drug-likeness (QED) is 0.713. The lowest BCUT2D eigenvalue weighted by molar-refractivity contribution is -0.143. The lowest BCUT2D eigenvalue weighted by atomic mass is 10.0.